The van der Waals surface area contributed by atoms with E-state index in [4.69, 9.17) is 10.8 Å². The van der Waals surface area contributed by atoms with Crippen LogP contribution in [0.15, 0.2) is 18.2 Å². The molecule has 14 heavy (non-hydrogen) atoms. The van der Waals surface area contributed by atoms with Crippen LogP contribution in [0.2, 0.25) is 0 Å². The molecule has 0 fully saturated rings. The van der Waals surface area contributed by atoms with Gasteiger partial charge in [0.1, 0.15) is 5.75 Å². The number of rotatable bonds is 3. The highest BCUT2D eigenvalue weighted by molar-refractivity contribution is 5.37. The summed E-state index contributed by atoms with van der Waals surface area (Å²) in [6.45, 7) is 1.35. The van der Waals surface area contributed by atoms with Crippen molar-refractivity contribution in [3.05, 3.63) is 29.3 Å². The zero-order chi connectivity index (χ0) is 10.7. The minimum absolute atomic E-state index is 0.0362. The van der Waals surface area contributed by atoms with E-state index in [-0.39, 0.29) is 12.4 Å². The fraction of sp³-hybridized carbons (Fsp3) is 0.400. The van der Waals surface area contributed by atoms with E-state index in [2.05, 4.69) is 0 Å². The predicted octanol–water partition coefficient (Wildman–Crippen LogP) is 0.265. The van der Waals surface area contributed by atoms with Crippen LogP contribution in [-0.4, -0.2) is 21.4 Å². The molecule has 1 aromatic carbocycles. The molecule has 1 aromatic rings. The Morgan fingerprint density at radius 2 is 2.07 bits per heavy atom. The van der Waals surface area contributed by atoms with Crippen LogP contribution in [0.4, 0.5) is 0 Å². The van der Waals surface area contributed by atoms with E-state index in [0.29, 0.717) is 11.1 Å². The maximum Gasteiger partial charge on any atom is 0.121 e. The fourth-order valence-corrected chi connectivity index (χ4v) is 1.22. The van der Waals surface area contributed by atoms with Crippen molar-refractivity contribution in [3.63, 3.8) is 0 Å². The Morgan fingerprint density at radius 1 is 1.43 bits per heavy atom. The molecule has 0 saturated heterocycles. The molecule has 5 N–H and O–H groups in total. The lowest BCUT2D eigenvalue weighted by Crippen LogP contribution is -2.23. The smallest absolute Gasteiger partial charge is 0.121 e. The van der Waals surface area contributed by atoms with Crippen LogP contribution < -0.4 is 5.73 Å². The van der Waals surface area contributed by atoms with Gasteiger partial charge in [-0.1, -0.05) is 6.07 Å². The van der Waals surface area contributed by atoms with Gasteiger partial charge in [-0.2, -0.15) is 0 Å². The first-order chi connectivity index (χ1) is 6.56. The molecule has 0 aromatic heterocycles. The van der Waals surface area contributed by atoms with Crippen molar-refractivity contribution in [1.29, 1.82) is 0 Å². The van der Waals surface area contributed by atoms with Crippen LogP contribution in [0, 0.1) is 0 Å². The van der Waals surface area contributed by atoms with Crippen LogP contribution in [0.25, 0.3) is 0 Å². The largest absolute Gasteiger partial charge is 0.508 e. The molecule has 0 aliphatic rings. The van der Waals surface area contributed by atoms with Gasteiger partial charge in [0.15, 0.2) is 0 Å². The standard InChI is InChI=1S/C10H15NO3/c1-6(13)10(11)7-2-3-9(14)8(4-7)5-12/h2-4,6,10,12-14H,5,11H2,1H3/t6-,10-/m1/s1. The van der Waals surface area contributed by atoms with Crippen molar-refractivity contribution in [2.45, 2.75) is 25.7 Å². The molecule has 2 atom stereocenters. The first-order valence-corrected chi connectivity index (χ1v) is 4.42. The summed E-state index contributed by atoms with van der Waals surface area (Å²) < 4.78 is 0. The minimum Gasteiger partial charge on any atom is -0.508 e. The molecule has 0 heterocycles. The summed E-state index contributed by atoms with van der Waals surface area (Å²) in [6, 6.07) is 4.18. The number of hydrogen-bond acceptors (Lipinski definition) is 4. The molecule has 0 bridgehead atoms. The zero-order valence-corrected chi connectivity index (χ0v) is 8.01. The molecule has 0 saturated carbocycles. The summed E-state index contributed by atoms with van der Waals surface area (Å²) in [5, 5.41) is 27.4. The second-order valence-corrected chi connectivity index (χ2v) is 3.31. The highest BCUT2D eigenvalue weighted by Gasteiger charge is 2.13. The molecule has 0 unspecified atom stereocenters. The van der Waals surface area contributed by atoms with E-state index in [1.807, 2.05) is 0 Å². The second-order valence-electron chi connectivity index (χ2n) is 3.31. The lowest BCUT2D eigenvalue weighted by Gasteiger charge is -2.16. The van der Waals surface area contributed by atoms with Crippen molar-refractivity contribution in [1.82, 2.24) is 0 Å². The Morgan fingerprint density at radius 3 is 2.57 bits per heavy atom. The third kappa shape index (κ3) is 2.23. The summed E-state index contributed by atoms with van der Waals surface area (Å²) >= 11 is 0. The first-order valence-electron chi connectivity index (χ1n) is 4.42. The molecule has 1 rings (SSSR count). The molecule has 0 amide bonds. The quantitative estimate of drug-likeness (QED) is 0.560. The van der Waals surface area contributed by atoms with Gasteiger partial charge in [0.05, 0.1) is 18.8 Å². The molecule has 0 aliphatic carbocycles. The molecule has 0 spiro atoms. The SMILES string of the molecule is C[C@@H](O)[C@@H](N)c1ccc(O)c(CO)c1. The van der Waals surface area contributed by atoms with Crippen molar-refractivity contribution < 1.29 is 15.3 Å². The van der Waals surface area contributed by atoms with Gasteiger partial charge in [-0.25, -0.2) is 0 Å². The highest BCUT2D eigenvalue weighted by atomic mass is 16.3. The van der Waals surface area contributed by atoms with Crippen LogP contribution in [-0.2, 0) is 6.61 Å². The van der Waals surface area contributed by atoms with Gasteiger partial charge >= 0.3 is 0 Å². The van der Waals surface area contributed by atoms with Crippen LogP contribution in [0.5, 0.6) is 5.75 Å². The van der Waals surface area contributed by atoms with E-state index in [1.165, 1.54) is 6.07 Å². The van der Waals surface area contributed by atoms with Crippen molar-refractivity contribution in [2.75, 3.05) is 0 Å². The average Bonchev–Trinajstić information content (AvgIpc) is 2.17. The Balaban J connectivity index is 3.00. The number of aliphatic hydroxyl groups excluding tert-OH is 2. The molecule has 0 aliphatic heterocycles. The number of phenols is 1. The number of nitrogens with two attached hydrogens (primary N) is 1. The summed E-state index contributed by atoms with van der Waals surface area (Å²) in [7, 11) is 0. The summed E-state index contributed by atoms with van der Waals surface area (Å²) in [5.41, 5.74) is 6.81. The Hall–Kier alpha value is -1.10. The zero-order valence-electron chi connectivity index (χ0n) is 8.01. The third-order valence-electron chi connectivity index (χ3n) is 2.18. The highest BCUT2D eigenvalue weighted by Crippen LogP contribution is 2.22. The molecule has 0 radical (unpaired) electrons. The molecule has 4 nitrogen and oxygen atoms in total. The van der Waals surface area contributed by atoms with Crippen molar-refractivity contribution in [3.8, 4) is 5.75 Å². The molecular weight excluding hydrogens is 182 g/mol. The molecule has 4 heteroatoms. The third-order valence-corrected chi connectivity index (χ3v) is 2.18. The molecular formula is C10H15NO3. The number of aliphatic hydroxyl groups is 2. The van der Waals surface area contributed by atoms with Crippen LogP contribution >= 0.6 is 0 Å². The summed E-state index contributed by atoms with van der Waals surface area (Å²) in [5.74, 6) is 0.0362. The first kappa shape index (κ1) is 11.0. The van der Waals surface area contributed by atoms with E-state index >= 15 is 0 Å². The van der Waals surface area contributed by atoms with Crippen LogP contribution in [0.1, 0.15) is 24.1 Å². The monoisotopic (exact) mass is 197 g/mol. The van der Waals surface area contributed by atoms with Gasteiger partial charge in [-0.15, -0.1) is 0 Å². The molecule has 78 valence electrons. The predicted molar refractivity (Wildman–Crippen MR) is 52.6 cm³/mol. The normalized spacial score (nSPS) is 15.1. The van der Waals surface area contributed by atoms with Gasteiger partial charge in [-0.3, -0.25) is 0 Å². The fourth-order valence-electron chi connectivity index (χ4n) is 1.22. The maximum atomic E-state index is 9.29. The number of aromatic hydroxyl groups is 1. The van der Waals surface area contributed by atoms with E-state index in [0.717, 1.165) is 0 Å². The van der Waals surface area contributed by atoms with E-state index in [9.17, 15) is 10.2 Å². The van der Waals surface area contributed by atoms with E-state index in [1.54, 1.807) is 19.1 Å². The van der Waals surface area contributed by atoms with Crippen LogP contribution in [0.3, 0.4) is 0 Å². The van der Waals surface area contributed by atoms with Crippen molar-refractivity contribution >= 4 is 0 Å². The minimum atomic E-state index is -0.661. The maximum absolute atomic E-state index is 9.29. The van der Waals surface area contributed by atoms with Gasteiger partial charge < -0.3 is 21.1 Å². The Kier molecular flexibility index (Phi) is 3.46. The van der Waals surface area contributed by atoms with Crippen molar-refractivity contribution in [2.24, 2.45) is 5.73 Å². The number of benzene rings is 1. The van der Waals surface area contributed by atoms with Gasteiger partial charge in [0.25, 0.3) is 0 Å². The topological polar surface area (TPSA) is 86.7 Å². The Bertz CT molecular complexity index is 312. The second kappa shape index (κ2) is 4.41. The number of hydrogen-bond donors (Lipinski definition) is 4. The lowest BCUT2D eigenvalue weighted by atomic mass is 10.0. The summed E-state index contributed by atoms with van der Waals surface area (Å²) in [6.07, 6.45) is -0.661. The summed E-state index contributed by atoms with van der Waals surface area (Å²) in [4.78, 5) is 0. The van der Waals surface area contributed by atoms with Gasteiger partial charge in [0, 0.05) is 5.56 Å². The lowest BCUT2D eigenvalue weighted by molar-refractivity contribution is 0.164. The van der Waals surface area contributed by atoms with Gasteiger partial charge in [-0.05, 0) is 24.6 Å². The average molecular weight is 197 g/mol. The van der Waals surface area contributed by atoms with Gasteiger partial charge in [0.2, 0.25) is 0 Å². The van der Waals surface area contributed by atoms with E-state index < -0.39 is 12.1 Å². The Labute approximate surface area is 82.6 Å².